The topological polar surface area (TPSA) is 56.8 Å². The van der Waals surface area contributed by atoms with Gasteiger partial charge in [-0.25, -0.2) is 4.79 Å². The van der Waals surface area contributed by atoms with Crippen molar-refractivity contribution in [3.05, 3.63) is 65.2 Å². The summed E-state index contributed by atoms with van der Waals surface area (Å²) in [5, 5.41) is 3.77. The predicted molar refractivity (Wildman–Crippen MR) is 123 cm³/mol. The van der Waals surface area contributed by atoms with E-state index in [2.05, 4.69) is 17.4 Å². The Kier molecular flexibility index (Phi) is 6.09. The zero-order chi connectivity index (χ0) is 22.0. The van der Waals surface area contributed by atoms with Crippen LogP contribution in [0.3, 0.4) is 0 Å². The van der Waals surface area contributed by atoms with Crippen LogP contribution in [0.5, 0.6) is 5.75 Å². The molecule has 0 radical (unpaired) electrons. The molecular formula is C27H33NO4. The van der Waals surface area contributed by atoms with Crippen molar-refractivity contribution in [3.8, 4) is 5.75 Å². The third kappa shape index (κ3) is 4.23. The Hall–Kier alpha value is -2.53. The van der Waals surface area contributed by atoms with Gasteiger partial charge in [0.15, 0.2) is 0 Å². The van der Waals surface area contributed by atoms with E-state index in [1.807, 2.05) is 43.3 Å². The van der Waals surface area contributed by atoms with Gasteiger partial charge in [0.25, 0.3) is 0 Å². The molecule has 3 aliphatic rings. The van der Waals surface area contributed by atoms with Crippen molar-refractivity contribution >= 4 is 6.16 Å². The summed E-state index contributed by atoms with van der Waals surface area (Å²) in [5.41, 5.74) is 4.33. The first-order valence-electron chi connectivity index (χ1n) is 12.0. The number of fused-ring (bicyclic) bond motifs is 1. The van der Waals surface area contributed by atoms with Crippen molar-refractivity contribution < 1.29 is 19.0 Å². The molecule has 0 aromatic heterocycles. The van der Waals surface area contributed by atoms with Crippen LogP contribution in [-0.4, -0.2) is 31.6 Å². The van der Waals surface area contributed by atoms with E-state index in [9.17, 15) is 4.79 Å². The summed E-state index contributed by atoms with van der Waals surface area (Å²) in [4.78, 5) is 12.1. The third-order valence-corrected chi connectivity index (χ3v) is 7.68. The Morgan fingerprint density at radius 1 is 1.16 bits per heavy atom. The van der Waals surface area contributed by atoms with E-state index in [0.717, 1.165) is 30.2 Å². The summed E-state index contributed by atoms with van der Waals surface area (Å²) in [5.74, 6) is 1.50. The Balaban J connectivity index is 1.18. The van der Waals surface area contributed by atoms with Crippen LogP contribution in [-0.2, 0) is 27.7 Å². The van der Waals surface area contributed by atoms with Crippen LogP contribution in [0.4, 0.5) is 4.79 Å². The smallest absolute Gasteiger partial charge is 0.457 e. The highest BCUT2D eigenvalue weighted by Crippen LogP contribution is 2.54. The highest BCUT2D eigenvalue weighted by atomic mass is 16.8. The average Bonchev–Trinajstić information content (AvgIpc) is 2.80. The van der Waals surface area contributed by atoms with Crippen molar-refractivity contribution in [1.29, 1.82) is 0 Å². The van der Waals surface area contributed by atoms with Gasteiger partial charge in [0, 0.05) is 17.9 Å². The molecule has 170 valence electrons. The number of rotatable bonds is 6. The number of nitrogens with one attached hydrogen (secondary N) is 1. The molecule has 0 spiro atoms. The maximum atomic E-state index is 12.1. The second-order valence-electron chi connectivity index (χ2n) is 9.62. The first kappa shape index (κ1) is 21.3. The van der Waals surface area contributed by atoms with Crippen LogP contribution in [0.15, 0.2) is 48.5 Å². The molecule has 0 amide bonds. The van der Waals surface area contributed by atoms with E-state index in [0.29, 0.717) is 12.5 Å². The number of hydrogen-bond donors (Lipinski definition) is 1. The predicted octanol–water partition coefficient (Wildman–Crippen LogP) is 5.15. The fourth-order valence-corrected chi connectivity index (χ4v) is 6.32. The van der Waals surface area contributed by atoms with Gasteiger partial charge in [-0.05, 0) is 73.9 Å². The highest BCUT2D eigenvalue weighted by molar-refractivity contribution is 5.60. The van der Waals surface area contributed by atoms with Gasteiger partial charge in [0.1, 0.15) is 11.9 Å². The summed E-state index contributed by atoms with van der Waals surface area (Å²) in [6, 6.07) is 17.0. The third-order valence-electron chi connectivity index (χ3n) is 7.68. The van der Waals surface area contributed by atoms with Gasteiger partial charge in [-0.2, -0.15) is 0 Å². The van der Waals surface area contributed by atoms with Crippen LogP contribution in [0.2, 0.25) is 0 Å². The Bertz CT molecular complexity index is 942. The van der Waals surface area contributed by atoms with Gasteiger partial charge in [-0.15, -0.1) is 0 Å². The molecular weight excluding hydrogens is 402 g/mol. The Labute approximate surface area is 190 Å². The molecule has 5 heteroatoms. The molecule has 32 heavy (non-hydrogen) atoms. The lowest BCUT2D eigenvalue weighted by Gasteiger charge is -2.56. The van der Waals surface area contributed by atoms with Crippen LogP contribution >= 0.6 is 0 Å². The highest BCUT2D eigenvalue weighted by Gasteiger charge is 2.51. The van der Waals surface area contributed by atoms with Crippen LogP contribution < -0.4 is 10.1 Å². The number of carbonyl (C=O) groups is 1. The molecule has 4 atom stereocenters. The van der Waals surface area contributed by atoms with Crippen molar-refractivity contribution in [2.24, 2.45) is 5.92 Å². The molecule has 5 nitrogen and oxygen atoms in total. The first-order valence-corrected chi connectivity index (χ1v) is 12.0. The maximum absolute atomic E-state index is 12.1. The minimum atomic E-state index is -0.696. The fraction of sp³-hybridized carbons (Fsp3) is 0.519. The molecule has 2 fully saturated rings. The molecule has 1 aliphatic heterocycles. The lowest BCUT2D eigenvalue weighted by molar-refractivity contribution is -0.0115. The van der Waals surface area contributed by atoms with Gasteiger partial charge in [0.2, 0.25) is 6.79 Å². The normalized spacial score (nSPS) is 26.9. The van der Waals surface area contributed by atoms with Crippen LogP contribution in [0, 0.1) is 5.92 Å². The van der Waals surface area contributed by atoms with E-state index in [1.54, 1.807) is 0 Å². The molecule has 2 aromatic carbocycles. The van der Waals surface area contributed by atoms with Gasteiger partial charge >= 0.3 is 6.16 Å². The second-order valence-corrected chi connectivity index (χ2v) is 9.62. The van der Waals surface area contributed by atoms with E-state index < -0.39 is 6.16 Å². The van der Waals surface area contributed by atoms with Crippen LogP contribution in [0.25, 0.3) is 0 Å². The van der Waals surface area contributed by atoms with E-state index in [1.165, 1.54) is 43.2 Å². The van der Waals surface area contributed by atoms with E-state index in [4.69, 9.17) is 14.2 Å². The largest absolute Gasteiger partial charge is 0.511 e. The number of carbonyl (C=O) groups excluding carboxylic acids is 1. The molecule has 2 aromatic rings. The summed E-state index contributed by atoms with van der Waals surface area (Å²) in [6.07, 6.45) is 7.24. The summed E-state index contributed by atoms with van der Waals surface area (Å²) < 4.78 is 16.4. The summed E-state index contributed by atoms with van der Waals surface area (Å²) in [6.45, 7) is 2.82. The van der Waals surface area contributed by atoms with Crippen molar-refractivity contribution in [2.45, 2.75) is 69.4 Å². The zero-order valence-electron chi connectivity index (χ0n) is 18.8. The van der Waals surface area contributed by atoms with E-state index >= 15 is 0 Å². The van der Waals surface area contributed by atoms with Crippen molar-refractivity contribution in [1.82, 2.24) is 5.32 Å². The molecule has 1 unspecified atom stereocenters. The molecule has 5 rings (SSSR count). The molecule has 1 heterocycles. The Morgan fingerprint density at radius 2 is 2.03 bits per heavy atom. The summed E-state index contributed by atoms with van der Waals surface area (Å²) in [7, 11) is 0. The molecule has 2 aliphatic carbocycles. The number of benzene rings is 2. The zero-order valence-corrected chi connectivity index (χ0v) is 18.8. The number of hydrogen-bond acceptors (Lipinski definition) is 5. The quantitative estimate of drug-likeness (QED) is 0.502. The van der Waals surface area contributed by atoms with Gasteiger partial charge in [-0.3, -0.25) is 0 Å². The Morgan fingerprint density at radius 3 is 2.91 bits per heavy atom. The van der Waals surface area contributed by atoms with Crippen LogP contribution in [0.1, 0.15) is 55.7 Å². The lowest BCUT2D eigenvalue weighted by atomic mass is 9.53. The second kappa shape index (κ2) is 9.14. The fourth-order valence-electron chi connectivity index (χ4n) is 6.32. The summed E-state index contributed by atoms with van der Waals surface area (Å²) >= 11 is 0. The number of piperidine rings is 1. The van der Waals surface area contributed by atoms with Gasteiger partial charge in [-0.1, -0.05) is 49.2 Å². The molecule has 1 saturated carbocycles. The monoisotopic (exact) mass is 435 g/mol. The lowest BCUT2D eigenvalue weighted by Crippen LogP contribution is -2.59. The first-order chi connectivity index (χ1) is 15.6. The van der Waals surface area contributed by atoms with Gasteiger partial charge < -0.3 is 19.5 Å². The average molecular weight is 436 g/mol. The maximum Gasteiger partial charge on any atom is 0.511 e. The number of ether oxygens (including phenoxy) is 3. The minimum Gasteiger partial charge on any atom is -0.457 e. The molecule has 1 saturated heterocycles. The minimum absolute atomic E-state index is 0.143. The van der Waals surface area contributed by atoms with Crippen molar-refractivity contribution in [2.75, 3.05) is 13.3 Å². The standard InChI is InChI=1S/C27H33NO4/c1-19(15-20-7-3-2-4-8-20)32-26(29)31-18-30-22-11-10-21-16-25-23-9-5-6-12-27(23,13-14-28-25)24(21)17-22/h2-4,7-8,10-11,17,19,23,25,28H,5-6,9,12-16,18H2,1H3/t19?,23-,25+,27+/m0/s1. The van der Waals surface area contributed by atoms with Gasteiger partial charge in [0.05, 0.1) is 0 Å². The van der Waals surface area contributed by atoms with Crippen molar-refractivity contribution in [3.63, 3.8) is 0 Å². The molecule has 1 N–H and O–H groups in total. The van der Waals surface area contributed by atoms with E-state index in [-0.39, 0.29) is 18.3 Å². The molecule has 2 bridgehead atoms. The SMILES string of the molecule is CC(Cc1ccccc1)OC(=O)OCOc1ccc2c(c1)[C@@]13CCCC[C@H]1[C@@H](C2)NCC3.